The zero-order valence-electron chi connectivity index (χ0n) is 14.3. The van der Waals surface area contributed by atoms with E-state index in [1.807, 2.05) is 13.2 Å². The minimum absolute atomic E-state index is 0.0980. The Morgan fingerprint density at radius 3 is 3.04 bits per heavy atom. The van der Waals surface area contributed by atoms with Gasteiger partial charge >= 0.3 is 0 Å². The third-order valence-corrected chi connectivity index (χ3v) is 5.19. The fourth-order valence-corrected chi connectivity index (χ4v) is 3.88. The van der Waals surface area contributed by atoms with Crippen molar-refractivity contribution in [2.45, 2.75) is 38.5 Å². The summed E-state index contributed by atoms with van der Waals surface area (Å²) < 4.78 is 7.50. The summed E-state index contributed by atoms with van der Waals surface area (Å²) in [7, 11) is 3.59. The number of hydrogen-bond acceptors (Lipinski definition) is 4. The van der Waals surface area contributed by atoms with Crippen molar-refractivity contribution in [3.8, 4) is 0 Å². The molecular formula is C16H27N5O2. The highest BCUT2D eigenvalue weighted by Crippen LogP contribution is 2.52. The maximum Gasteiger partial charge on any atom is 0.191 e. The van der Waals surface area contributed by atoms with Crippen LogP contribution in [-0.4, -0.2) is 53.2 Å². The van der Waals surface area contributed by atoms with E-state index in [-0.39, 0.29) is 5.41 Å². The molecule has 0 bridgehead atoms. The normalized spacial score (nSPS) is 30.5. The lowest BCUT2D eigenvalue weighted by molar-refractivity contribution is -0.106. The Morgan fingerprint density at radius 1 is 1.61 bits per heavy atom. The molecular weight excluding hydrogens is 294 g/mol. The van der Waals surface area contributed by atoms with Crippen LogP contribution in [0.2, 0.25) is 0 Å². The third kappa shape index (κ3) is 2.95. The second-order valence-electron chi connectivity index (χ2n) is 7.10. The van der Waals surface area contributed by atoms with E-state index in [4.69, 9.17) is 4.74 Å². The lowest BCUT2D eigenvalue weighted by atomic mass is 9.57. The standard InChI is InChI=1S/C16H27N5O2/c1-16(2)13(11-5-6-23-14(11)16)20-15(17-3)18-8-12(22)10-7-19-21(4)9-10/h7,9,11-14,22H,5-6,8H2,1-4H3,(H2,17,18,20). The van der Waals surface area contributed by atoms with Gasteiger partial charge in [0, 0.05) is 56.4 Å². The second kappa shape index (κ2) is 6.13. The van der Waals surface area contributed by atoms with Crippen molar-refractivity contribution in [1.82, 2.24) is 20.4 Å². The molecule has 1 aliphatic heterocycles. The van der Waals surface area contributed by atoms with Crippen LogP contribution in [0.1, 0.15) is 31.9 Å². The zero-order valence-corrected chi connectivity index (χ0v) is 14.3. The maximum absolute atomic E-state index is 10.2. The van der Waals surface area contributed by atoms with Gasteiger partial charge in [-0.2, -0.15) is 5.10 Å². The molecule has 7 heteroatoms. The lowest BCUT2D eigenvalue weighted by Gasteiger charge is -2.54. The van der Waals surface area contributed by atoms with Crippen molar-refractivity contribution in [2.24, 2.45) is 23.4 Å². The largest absolute Gasteiger partial charge is 0.386 e. The molecule has 0 radical (unpaired) electrons. The Morgan fingerprint density at radius 2 is 2.39 bits per heavy atom. The molecule has 3 N–H and O–H groups in total. The number of aryl methyl sites for hydroxylation is 1. The molecule has 1 aliphatic carbocycles. The number of aliphatic hydroxyl groups is 1. The second-order valence-corrected chi connectivity index (χ2v) is 7.10. The van der Waals surface area contributed by atoms with Gasteiger partial charge in [-0.25, -0.2) is 0 Å². The first-order valence-electron chi connectivity index (χ1n) is 8.19. The molecule has 128 valence electrons. The summed E-state index contributed by atoms with van der Waals surface area (Å²) in [6.07, 6.45) is 4.33. The Kier molecular flexibility index (Phi) is 4.33. The van der Waals surface area contributed by atoms with Crippen molar-refractivity contribution >= 4 is 5.96 Å². The van der Waals surface area contributed by atoms with Crippen molar-refractivity contribution in [1.29, 1.82) is 0 Å². The molecule has 0 aromatic carbocycles. The Labute approximate surface area is 137 Å². The van der Waals surface area contributed by atoms with Crippen LogP contribution in [0.3, 0.4) is 0 Å². The topological polar surface area (TPSA) is 83.7 Å². The van der Waals surface area contributed by atoms with Crippen LogP contribution in [0.4, 0.5) is 0 Å². The highest BCUT2D eigenvalue weighted by molar-refractivity contribution is 5.80. The molecule has 3 rings (SSSR count). The van der Waals surface area contributed by atoms with Crippen LogP contribution in [0.15, 0.2) is 17.4 Å². The van der Waals surface area contributed by atoms with Crippen molar-refractivity contribution in [2.75, 3.05) is 20.2 Å². The third-order valence-electron chi connectivity index (χ3n) is 5.19. The number of nitrogens with one attached hydrogen (secondary N) is 2. The molecule has 4 unspecified atom stereocenters. The number of aliphatic imine (C=N–C) groups is 1. The fourth-order valence-electron chi connectivity index (χ4n) is 3.88. The van der Waals surface area contributed by atoms with Gasteiger partial charge in [-0.1, -0.05) is 13.8 Å². The Hall–Kier alpha value is -1.60. The first kappa shape index (κ1) is 16.3. The molecule has 1 saturated heterocycles. The smallest absolute Gasteiger partial charge is 0.191 e. The molecule has 2 aliphatic rings. The molecule has 2 heterocycles. The monoisotopic (exact) mass is 321 g/mol. The van der Waals surface area contributed by atoms with E-state index in [1.165, 1.54) is 0 Å². The lowest BCUT2D eigenvalue weighted by Crippen LogP contribution is -2.68. The summed E-state index contributed by atoms with van der Waals surface area (Å²) in [4.78, 5) is 4.28. The van der Waals surface area contributed by atoms with Gasteiger partial charge in [0.2, 0.25) is 0 Å². The quantitative estimate of drug-likeness (QED) is 0.553. The Balaban J connectivity index is 1.55. The van der Waals surface area contributed by atoms with Crippen molar-refractivity contribution in [3.05, 3.63) is 18.0 Å². The van der Waals surface area contributed by atoms with Gasteiger partial charge in [0.05, 0.1) is 18.4 Å². The van der Waals surface area contributed by atoms with Crippen LogP contribution in [0.5, 0.6) is 0 Å². The maximum atomic E-state index is 10.2. The van der Waals surface area contributed by atoms with E-state index >= 15 is 0 Å². The predicted octanol–water partition coefficient (Wildman–Crippen LogP) is 0.432. The number of hydrogen-bond donors (Lipinski definition) is 3. The summed E-state index contributed by atoms with van der Waals surface area (Å²) in [5.41, 5.74) is 0.893. The van der Waals surface area contributed by atoms with Gasteiger partial charge in [0.1, 0.15) is 0 Å². The summed E-state index contributed by atoms with van der Waals surface area (Å²) >= 11 is 0. The van der Waals surface area contributed by atoms with E-state index in [2.05, 4.69) is 34.6 Å². The number of aromatic nitrogens is 2. The van der Waals surface area contributed by atoms with E-state index in [1.54, 1.807) is 17.9 Å². The van der Waals surface area contributed by atoms with Crippen molar-refractivity contribution < 1.29 is 9.84 Å². The number of guanidine groups is 1. The summed E-state index contributed by atoms with van der Waals surface area (Å²) in [5.74, 6) is 1.27. The summed E-state index contributed by atoms with van der Waals surface area (Å²) in [6.45, 7) is 5.70. The molecule has 1 aromatic rings. The van der Waals surface area contributed by atoms with Crippen LogP contribution in [0, 0.1) is 11.3 Å². The summed E-state index contributed by atoms with van der Waals surface area (Å²) in [6, 6.07) is 0.344. The van der Waals surface area contributed by atoms with Crippen LogP contribution >= 0.6 is 0 Å². The number of fused-ring (bicyclic) bond motifs is 1. The minimum atomic E-state index is -0.612. The van der Waals surface area contributed by atoms with E-state index in [0.717, 1.165) is 24.6 Å². The van der Waals surface area contributed by atoms with Gasteiger partial charge in [-0.05, 0) is 6.42 Å². The Bertz CT molecular complexity index is 583. The number of aliphatic hydroxyl groups excluding tert-OH is 1. The summed E-state index contributed by atoms with van der Waals surface area (Å²) in [5, 5.41) is 21.0. The molecule has 2 fully saturated rings. The van der Waals surface area contributed by atoms with Gasteiger partial charge in [-0.15, -0.1) is 0 Å². The van der Waals surface area contributed by atoms with Crippen molar-refractivity contribution in [3.63, 3.8) is 0 Å². The van der Waals surface area contributed by atoms with E-state index < -0.39 is 6.10 Å². The first-order chi connectivity index (χ1) is 10.9. The number of nitrogens with zero attached hydrogens (tertiary/aromatic N) is 3. The average molecular weight is 321 g/mol. The number of rotatable bonds is 4. The fraction of sp³-hybridized carbons (Fsp3) is 0.750. The molecule has 4 atom stereocenters. The van der Waals surface area contributed by atoms with Gasteiger partial charge in [-0.3, -0.25) is 9.67 Å². The van der Waals surface area contributed by atoms with Crippen LogP contribution < -0.4 is 10.6 Å². The van der Waals surface area contributed by atoms with E-state index in [0.29, 0.717) is 24.6 Å². The number of ether oxygens (including phenoxy) is 1. The van der Waals surface area contributed by atoms with Gasteiger partial charge < -0.3 is 20.5 Å². The van der Waals surface area contributed by atoms with Gasteiger partial charge in [0.15, 0.2) is 5.96 Å². The average Bonchev–Trinajstić information content (AvgIpc) is 3.14. The van der Waals surface area contributed by atoms with E-state index in [9.17, 15) is 5.11 Å². The zero-order chi connectivity index (χ0) is 16.6. The van der Waals surface area contributed by atoms with Gasteiger partial charge in [0.25, 0.3) is 0 Å². The molecule has 7 nitrogen and oxygen atoms in total. The molecule has 0 amide bonds. The van der Waals surface area contributed by atoms with Crippen LogP contribution in [0.25, 0.3) is 0 Å². The molecule has 0 spiro atoms. The minimum Gasteiger partial charge on any atom is -0.386 e. The molecule has 1 saturated carbocycles. The first-order valence-corrected chi connectivity index (χ1v) is 8.19. The SMILES string of the molecule is CN=C(NCC(O)c1cnn(C)c1)NC1C2CCOC2C1(C)C. The molecule has 23 heavy (non-hydrogen) atoms. The highest BCUT2D eigenvalue weighted by atomic mass is 16.5. The molecule has 1 aromatic heterocycles. The van der Waals surface area contributed by atoms with Crippen LogP contribution in [-0.2, 0) is 11.8 Å². The predicted molar refractivity (Wildman–Crippen MR) is 88.1 cm³/mol. The highest BCUT2D eigenvalue weighted by Gasteiger charge is 2.59.